The van der Waals surface area contributed by atoms with Gasteiger partial charge in [0.25, 0.3) is 17.5 Å². The highest BCUT2D eigenvalue weighted by Crippen LogP contribution is 2.41. The van der Waals surface area contributed by atoms with Crippen molar-refractivity contribution >= 4 is 34.9 Å². The number of benzene rings is 2. The lowest BCUT2D eigenvalue weighted by atomic mass is 9.79. The first-order valence-corrected chi connectivity index (χ1v) is 7.72. The fourth-order valence-electron chi connectivity index (χ4n) is 3.20. The molecule has 1 heterocycles. The number of nitro groups is 1. The third-order valence-electron chi connectivity index (χ3n) is 4.33. The molecule has 27 heavy (non-hydrogen) atoms. The van der Waals surface area contributed by atoms with Crippen LogP contribution in [0.15, 0.2) is 48.0 Å². The molecule has 0 saturated carbocycles. The normalized spacial score (nSPS) is 15.7. The van der Waals surface area contributed by atoms with Gasteiger partial charge in [-0.1, -0.05) is 24.3 Å². The zero-order valence-corrected chi connectivity index (χ0v) is 13.4. The summed E-state index contributed by atoms with van der Waals surface area (Å²) in [5, 5.41) is 14.9. The lowest BCUT2D eigenvalue weighted by molar-refractivity contribution is -0.384. The summed E-state index contributed by atoms with van der Waals surface area (Å²) >= 11 is 0. The van der Waals surface area contributed by atoms with Crippen LogP contribution in [0.3, 0.4) is 0 Å². The van der Waals surface area contributed by atoms with Gasteiger partial charge in [0.05, 0.1) is 4.92 Å². The van der Waals surface area contributed by atoms with E-state index in [9.17, 15) is 29.3 Å². The number of nitrogens with one attached hydrogen (secondary N) is 2. The Bertz CT molecular complexity index is 1110. The largest absolute Gasteiger partial charge is 0.328 e. The molecule has 9 nitrogen and oxygen atoms in total. The Morgan fingerprint density at radius 2 is 1.33 bits per heavy atom. The molecule has 1 aliphatic carbocycles. The molecule has 0 radical (unpaired) electrons. The minimum absolute atomic E-state index is 0.00269. The Balaban J connectivity index is 2.05. The van der Waals surface area contributed by atoms with E-state index in [2.05, 4.69) is 0 Å². The number of amides is 4. The lowest BCUT2D eigenvalue weighted by Crippen LogP contribution is -2.52. The number of carbonyl (C=O) groups is 4. The Hall–Kier alpha value is -4.14. The number of urea groups is 1. The number of nitrogens with zero attached hydrogens (tertiary/aromatic N) is 1. The van der Waals surface area contributed by atoms with Gasteiger partial charge in [-0.2, -0.15) is 0 Å². The summed E-state index contributed by atoms with van der Waals surface area (Å²) in [4.78, 5) is 59.3. The molecule has 2 aliphatic rings. The first-order chi connectivity index (χ1) is 12.9. The Labute approximate surface area is 150 Å². The Morgan fingerprint density at radius 1 is 0.741 bits per heavy atom. The molecule has 1 aliphatic heterocycles. The van der Waals surface area contributed by atoms with Gasteiger partial charge in [-0.15, -0.1) is 0 Å². The lowest BCUT2D eigenvalue weighted by Gasteiger charge is -2.24. The van der Waals surface area contributed by atoms with Crippen molar-refractivity contribution in [3.63, 3.8) is 0 Å². The number of ketones is 1. The van der Waals surface area contributed by atoms with E-state index in [1.165, 1.54) is 12.1 Å². The molecule has 2 N–H and O–H groups in total. The van der Waals surface area contributed by atoms with Crippen LogP contribution in [0.5, 0.6) is 0 Å². The van der Waals surface area contributed by atoms with Crippen molar-refractivity contribution in [3.05, 3.63) is 69.3 Å². The second kappa shape index (κ2) is 5.70. The molecule has 1 saturated heterocycles. The SMILES string of the molecule is O=C1NC(=O)C(=C2C(=O)c3cc([N+](=O)[O-])ccc3-c3ccccc32)C(=O)N1. The van der Waals surface area contributed by atoms with Crippen molar-refractivity contribution in [2.45, 2.75) is 0 Å². The van der Waals surface area contributed by atoms with Gasteiger partial charge in [-0.3, -0.25) is 35.1 Å². The molecule has 4 amide bonds. The number of hydrogen-bond acceptors (Lipinski definition) is 6. The smallest absolute Gasteiger partial charge is 0.289 e. The predicted octanol–water partition coefficient (Wildman–Crippen LogP) is 1.58. The van der Waals surface area contributed by atoms with E-state index < -0.39 is 34.1 Å². The third kappa shape index (κ3) is 2.41. The first-order valence-electron chi connectivity index (χ1n) is 7.72. The van der Waals surface area contributed by atoms with Crippen molar-refractivity contribution in [3.8, 4) is 11.1 Å². The molecule has 2 aromatic rings. The van der Waals surface area contributed by atoms with Gasteiger partial charge in [0.1, 0.15) is 5.57 Å². The predicted molar refractivity (Wildman–Crippen MR) is 91.5 cm³/mol. The number of rotatable bonds is 1. The number of hydrogen-bond donors (Lipinski definition) is 2. The van der Waals surface area contributed by atoms with Crippen LogP contribution in [0.25, 0.3) is 16.7 Å². The van der Waals surface area contributed by atoms with Crippen LogP contribution in [0, 0.1) is 10.1 Å². The van der Waals surface area contributed by atoms with E-state index in [0.29, 0.717) is 16.7 Å². The van der Waals surface area contributed by atoms with E-state index in [4.69, 9.17) is 0 Å². The molecule has 0 bridgehead atoms. The maximum Gasteiger partial charge on any atom is 0.328 e. The molecule has 1 fully saturated rings. The Morgan fingerprint density at radius 3 is 1.96 bits per heavy atom. The fourth-order valence-corrected chi connectivity index (χ4v) is 3.20. The standard InChI is InChI=1S/C18H9N3O6/c22-15-12-7-8(21(26)27)5-6-10(12)9-3-1-2-4-11(9)13(15)14-16(23)19-18(25)20-17(14)24/h1-7H,(H2,19,20,23,24,25). The summed E-state index contributed by atoms with van der Waals surface area (Å²) < 4.78 is 0. The van der Waals surface area contributed by atoms with E-state index in [0.717, 1.165) is 6.07 Å². The molecular formula is C18H9N3O6. The van der Waals surface area contributed by atoms with Crippen molar-refractivity contribution < 1.29 is 24.1 Å². The summed E-state index contributed by atoms with van der Waals surface area (Å²) in [6.45, 7) is 0. The minimum atomic E-state index is -1.00. The van der Waals surface area contributed by atoms with Crippen LogP contribution in [0.1, 0.15) is 15.9 Å². The summed E-state index contributed by atoms with van der Waals surface area (Å²) in [6.07, 6.45) is 0. The maximum atomic E-state index is 13.1. The van der Waals surface area contributed by atoms with Crippen molar-refractivity contribution in [2.75, 3.05) is 0 Å². The fraction of sp³-hybridized carbons (Fsp3) is 0. The van der Waals surface area contributed by atoms with Crippen molar-refractivity contribution in [1.29, 1.82) is 0 Å². The number of allylic oxidation sites excluding steroid dienone is 1. The number of nitro benzene ring substituents is 1. The topological polar surface area (TPSA) is 135 Å². The highest BCUT2D eigenvalue weighted by atomic mass is 16.6. The molecular weight excluding hydrogens is 354 g/mol. The maximum absolute atomic E-state index is 13.1. The minimum Gasteiger partial charge on any atom is -0.289 e. The summed E-state index contributed by atoms with van der Waals surface area (Å²) in [7, 11) is 0. The molecule has 0 spiro atoms. The van der Waals surface area contributed by atoms with Gasteiger partial charge >= 0.3 is 6.03 Å². The second-order valence-corrected chi connectivity index (χ2v) is 5.85. The van der Waals surface area contributed by atoms with E-state index in [1.54, 1.807) is 24.3 Å². The first kappa shape index (κ1) is 16.3. The van der Waals surface area contributed by atoms with Crippen molar-refractivity contribution in [2.24, 2.45) is 0 Å². The zero-order chi connectivity index (χ0) is 19.3. The second-order valence-electron chi connectivity index (χ2n) is 5.85. The summed E-state index contributed by atoms with van der Waals surface area (Å²) in [5.74, 6) is -2.71. The van der Waals surface area contributed by atoms with Crippen molar-refractivity contribution in [1.82, 2.24) is 10.6 Å². The van der Waals surface area contributed by atoms with E-state index >= 15 is 0 Å². The summed E-state index contributed by atoms with van der Waals surface area (Å²) in [5.41, 5.74) is 0.325. The van der Waals surface area contributed by atoms with Gasteiger partial charge in [-0.25, -0.2) is 4.79 Å². The van der Waals surface area contributed by atoms with Crippen LogP contribution >= 0.6 is 0 Å². The van der Waals surface area contributed by atoms with Crippen LogP contribution in [0.2, 0.25) is 0 Å². The molecule has 4 rings (SSSR count). The van der Waals surface area contributed by atoms with Crippen LogP contribution < -0.4 is 10.6 Å². The van der Waals surface area contributed by atoms with Gasteiger partial charge in [0.2, 0.25) is 0 Å². The number of non-ortho nitro benzene ring substituents is 1. The monoisotopic (exact) mass is 363 g/mol. The van der Waals surface area contributed by atoms with Gasteiger partial charge in [0.15, 0.2) is 5.78 Å². The van der Waals surface area contributed by atoms with E-state index in [1.807, 2.05) is 10.6 Å². The Kier molecular flexibility index (Phi) is 3.45. The number of carbonyl (C=O) groups excluding carboxylic acids is 4. The average molecular weight is 363 g/mol. The highest BCUT2D eigenvalue weighted by molar-refractivity contribution is 6.45. The van der Waals surface area contributed by atoms with Crippen LogP contribution in [-0.4, -0.2) is 28.6 Å². The number of imide groups is 2. The third-order valence-corrected chi connectivity index (χ3v) is 4.33. The number of Topliss-reactive ketones (excluding diaryl/α,β-unsaturated/α-hetero) is 1. The molecule has 2 aromatic carbocycles. The summed E-state index contributed by atoms with van der Waals surface area (Å²) in [6, 6.07) is 9.43. The van der Waals surface area contributed by atoms with Gasteiger partial charge < -0.3 is 0 Å². The zero-order valence-electron chi connectivity index (χ0n) is 13.4. The molecule has 0 atom stereocenters. The van der Waals surface area contributed by atoms with E-state index in [-0.39, 0.29) is 16.8 Å². The number of fused-ring (bicyclic) bond motifs is 3. The quantitative estimate of drug-likeness (QED) is 0.342. The number of barbiturate groups is 1. The van der Waals surface area contributed by atoms with Crippen LogP contribution in [-0.2, 0) is 9.59 Å². The molecule has 9 heteroatoms. The molecule has 0 aromatic heterocycles. The molecule has 0 unspecified atom stereocenters. The molecule has 132 valence electrons. The van der Waals surface area contributed by atoms with Gasteiger partial charge in [-0.05, 0) is 22.8 Å². The highest BCUT2D eigenvalue weighted by Gasteiger charge is 2.38. The average Bonchev–Trinajstić information content (AvgIpc) is 2.63. The van der Waals surface area contributed by atoms with Crippen LogP contribution in [0.4, 0.5) is 10.5 Å². The van der Waals surface area contributed by atoms with Gasteiger partial charge in [0, 0.05) is 23.3 Å².